The third-order valence-electron chi connectivity index (χ3n) is 6.42. The van der Waals surface area contributed by atoms with Crippen molar-refractivity contribution in [3.8, 4) is 12.1 Å². The van der Waals surface area contributed by atoms with Gasteiger partial charge in [0.1, 0.15) is 17.8 Å². The number of benzene rings is 3. The van der Waals surface area contributed by atoms with Crippen molar-refractivity contribution in [3.63, 3.8) is 0 Å². The Morgan fingerprint density at radius 2 is 1.59 bits per heavy atom. The molecule has 0 unspecified atom stereocenters. The van der Waals surface area contributed by atoms with Crippen LogP contribution in [0.2, 0.25) is 0 Å². The number of aryl methyl sites for hydroxylation is 1. The van der Waals surface area contributed by atoms with Gasteiger partial charge in [-0.2, -0.15) is 15.6 Å². The number of imide groups is 1. The van der Waals surface area contributed by atoms with Crippen molar-refractivity contribution in [1.29, 1.82) is 10.5 Å². The topological polar surface area (TPSA) is 156 Å². The first-order chi connectivity index (χ1) is 18.8. The summed E-state index contributed by atoms with van der Waals surface area (Å²) >= 11 is 0. The number of non-ortho nitro benzene ring substituents is 1. The fraction of sp³-hybridized carbons (Fsp3) is 0.214. The Morgan fingerprint density at radius 3 is 2.10 bits per heavy atom. The number of amides is 2. The molecule has 0 saturated carbocycles. The van der Waals surface area contributed by atoms with E-state index in [0.717, 1.165) is 23.4 Å². The molecule has 0 fully saturated rings. The Hall–Kier alpha value is -5.42. The first kappa shape index (κ1) is 26.6. The number of nitro groups is 1. The minimum Gasteiger partial charge on any atom is -0.372 e. The molecule has 4 rings (SSSR count). The SMILES string of the molecule is CCN(CCCN1C(=O)c2ccccc2C1=O)c1ccc(N=Nc2c(C#N)cc([N+](=O)[O-])cc2C#N)c(C)c1. The number of carbonyl (C=O) groups is 2. The molecule has 0 aromatic heterocycles. The zero-order valence-electron chi connectivity index (χ0n) is 21.3. The number of fused-ring (bicyclic) bond motifs is 1. The molecule has 1 heterocycles. The highest BCUT2D eigenvalue weighted by Gasteiger charge is 2.34. The van der Waals surface area contributed by atoms with Crippen molar-refractivity contribution in [2.45, 2.75) is 20.3 Å². The number of hydrogen-bond acceptors (Lipinski definition) is 9. The van der Waals surface area contributed by atoms with Crippen LogP contribution in [-0.2, 0) is 0 Å². The summed E-state index contributed by atoms with van der Waals surface area (Å²) in [6.45, 7) is 5.47. The van der Waals surface area contributed by atoms with Crippen LogP contribution in [0.3, 0.4) is 0 Å². The van der Waals surface area contributed by atoms with Gasteiger partial charge in [0.15, 0.2) is 0 Å². The third kappa shape index (κ3) is 5.33. The van der Waals surface area contributed by atoms with E-state index in [-0.39, 0.29) is 34.3 Å². The smallest absolute Gasteiger partial charge is 0.272 e. The Bertz CT molecular complexity index is 1530. The number of carbonyl (C=O) groups excluding carboxylic acids is 2. The summed E-state index contributed by atoms with van der Waals surface area (Å²) in [5, 5.41) is 38.2. The maximum absolute atomic E-state index is 12.6. The average molecular weight is 522 g/mol. The van der Waals surface area contributed by atoms with E-state index >= 15 is 0 Å². The third-order valence-corrected chi connectivity index (χ3v) is 6.42. The van der Waals surface area contributed by atoms with Crippen molar-refractivity contribution >= 4 is 34.6 Å². The normalized spacial score (nSPS) is 12.4. The summed E-state index contributed by atoms with van der Waals surface area (Å²) in [5.41, 5.74) is 2.45. The average Bonchev–Trinajstić information content (AvgIpc) is 3.19. The van der Waals surface area contributed by atoms with Gasteiger partial charge in [0.05, 0.1) is 32.9 Å². The number of nitriles is 2. The Balaban J connectivity index is 1.46. The van der Waals surface area contributed by atoms with E-state index < -0.39 is 4.92 Å². The van der Waals surface area contributed by atoms with Gasteiger partial charge in [-0.1, -0.05) is 12.1 Å². The van der Waals surface area contributed by atoms with Crippen LogP contribution in [0, 0.1) is 39.7 Å². The Labute approximate surface area is 224 Å². The second-order valence-electron chi connectivity index (χ2n) is 8.78. The van der Waals surface area contributed by atoms with Crippen LogP contribution in [0.15, 0.2) is 64.8 Å². The van der Waals surface area contributed by atoms with E-state index in [2.05, 4.69) is 15.1 Å². The maximum Gasteiger partial charge on any atom is 0.272 e. The monoisotopic (exact) mass is 521 g/mol. The van der Waals surface area contributed by atoms with Crippen LogP contribution >= 0.6 is 0 Å². The molecule has 3 aromatic rings. The minimum absolute atomic E-state index is 0.0302. The van der Waals surface area contributed by atoms with Crippen LogP contribution < -0.4 is 4.90 Å². The molecular weight excluding hydrogens is 498 g/mol. The van der Waals surface area contributed by atoms with Crippen molar-refractivity contribution in [2.75, 3.05) is 24.5 Å². The number of hydrogen-bond donors (Lipinski definition) is 0. The molecule has 39 heavy (non-hydrogen) atoms. The lowest BCUT2D eigenvalue weighted by molar-refractivity contribution is -0.384. The molecule has 0 bridgehead atoms. The highest BCUT2D eigenvalue weighted by molar-refractivity contribution is 6.21. The van der Waals surface area contributed by atoms with E-state index in [9.17, 15) is 30.2 Å². The lowest BCUT2D eigenvalue weighted by Crippen LogP contribution is -2.33. The number of nitrogens with zero attached hydrogens (tertiary/aromatic N) is 7. The lowest BCUT2D eigenvalue weighted by Gasteiger charge is -2.25. The van der Waals surface area contributed by atoms with Crippen LogP contribution in [0.4, 0.5) is 22.7 Å². The van der Waals surface area contributed by atoms with Gasteiger partial charge in [0.25, 0.3) is 17.5 Å². The van der Waals surface area contributed by atoms with Gasteiger partial charge in [-0.3, -0.25) is 24.6 Å². The van der Waals surface area contributed by atoms with E-state index in [0.29, 0.717) is 42.9 Å². The summed E-state index contributed by atoms with van der Waals surface area (Å²) in [6.07, 6.45) is 0.591. The molecule has 0 N–H and O–H groups in total. The highest BCUT2D eigenvalue weighted by Crippen LogP contribution is 2.32. The molecule has 3 aromatic carbocycles. The van der Waals surface area contributed by atoms with Crippen LogP contribution in [-0.4, -0.2) is 41.3 Å². The van der Waals surface area contributed by atoms with Gasteiger partial charge >= 0.3 is 0 Å². The number of azo groups is 1. The van der Waals surface area contributed by atoms with E-state index in [1.54, 1.807) is 30.3 Å². The quantitative estimate of drug-likeness (QED) is 0.154. The summed E-state index contributed by atoms with van der Waals surface area (Å²) in [4.78, 5) is 39.0. The predicted molar refractivity (Wildman–Crippen MR) is 142 cm³/mol. The van der Waals surface area contributed by atoms with Crippen molar-refractivity contribution < 1.29 is 14.5 Å². The van der Waals surface area contributed by atoms with Crippen molar-refractivity contribution in [2.24, 2.45) is 10.2 Å². The molecule has 194 valence electrons. The molecule has 0 atom stereocenters. The molecule has 0 aliphatic carbocycles. The fourth-order valence-electron chi connectivity index (χ4n) is 4.39. The Morgan fingerprint density at radius 1 is 0.974 bits per heavy atom. The summed E-state index contributed by atoms with van der Waals surface area (Å²) in [7, 11) is 0. The second kappa shape index (κ2) is 11.3. The van der Waals surface area contributed by atoms with Gasteiger partial charge in [-0.15, -0.1) is 5.11 Å². The zero-order valence-corrected chi connectivity index (χ0v) is 21.3. The number of rotatable bonds is 9. The van der Waals surface area contributed by atoms with Gasteiger partial charge < -0.3 is 4.90 Å². The summed E-state index contributed by atoms with van der Waals surface area (Å²) in [5.74, 6) is -0.535. The number of nitro benzene ring substituents is 1. The van der Waals surface area contributed by atoms with Crippen molar-refractivity contribution in [3.05, 3.63) is 92.5 Å². The standard InChI is InChI=1S/C28H23N7O4/c1-3-33(11-6-12-34-27(36)23-7-4-5-8-24(23)28(34)37)21-9-10-25(18(2)13-21)31-32-26-19(16-29)14-22(35(38)39)15-20(26)17-30/h4-5,7-10,13-15H,3,6,11-12H2,1-2H3. The molecule has 0 radical (unpaired) electrons. The molecule has 2 amide bonds. The second-order valence-corrected chi connectivity index (χ2v) is 8.78. The van der Waals surface area contributed by atoms with Gasteiger partial charge in [-0.05, 0) is 56.2 Å². The Kier molecular flexibility index (Phi) is 7.73. The van der Waals surface area contributed by atoms with Gasteiger partial charge in [0.2, 0.25) is 0 Å². The van der Waals surface area contributed by atoms with Crippen LogP contribution in [0.1, 0.15) is 50.8 Å². The predicted octanol–water partition coefficient (Wildman–Crippen LogP) is 5.57. The maximum atomic E-state index is 12.6. The van der Waals surface area contributed by atoms with E-state index in [1.165, 1.54) is 4.90 Å². The van der Waals surface area contributed by atoms with Gasteiger partial charge in [0, 0.05) is 37.5 Å². The van der Waals surface area contributed by atoms with Crippen LogP contribution in [0.25, 0.3) is 0 Å². The minimum atomic E-state index is -0.676. The molecule has 0 spiro atoms. The molecule has 11 nitrogen and oxygen atoms in total. The molecular formula is C28H23N7O4. The van der Waals surface area contributed by atoms with Crippen molar-refractivity contribution in [1.82, 2.24) is 4.90 Å². The van der Waals surface area contributed by atoms with Crippen LogP contribution in [0.5, 0.6) is 0 Å². The summed E-state index contributed by atoms with van der Waals surface area (Å²) < 4.78 is 0. The highest BCUT2D eigenvalue weighted by atomic mass is 16.6. The first-order valence-electron chi connectivity index (χ1n) is 12.1. The van der Waals surface area contributed by atoms with Gasteiger partial charge in [-0.25, -0.2) is 0 Å². The molecule has 0 saturated heterocycles. The fourth-order valence-corrected chi connectivity index (χ4v) is 4.39. The number of anilines is 1. The zero-order chi connectivity index (χ0) is 28.1. The molecule has 11 heteroatoms. The molecule has 1 aliphatic rings. The molecule has 1 aliphatic heterocycles. The largest absolute Gasteiger partial charge is 0.372 e. The van der Waals surface area contributed by atoms with E-state index in [1.807, 2.05) is 38.1 Å². The van der Waals surface area contributed by atoms with E-state index in [4.69, 9.17) is 0 Å². The lowest BCUT2D eigenvalue weighted by atomic mass is 10.1. The summed E-state index contributed by atoms with van der Waals surface area (Å²) in [6, 6.07) is 18.2. The first-order valence-corrected chi connectivity index (χ1v) is 12.1.